The molecule has 5 heteroatoms. The van der Waals surface area contributed by atoms with Crippen molar-refractivity contribution in [3.05, 3.63) is 64.2 Å². The Kier molecular flexibility index (Phi) is 3.96. The van der Waals surface area contributed by atoms with Crippen molar-refractivity contribution in [3.8, 4) is 0 Å². The van der Waals surface area contributed by atoms with Gasteiger partial charge >= 0.3 is 0 Å². The van der Waals surface area contributed by atoms with Gasteiger partial charge in [0.25, 0.3) is 5.91 Å². The minimum Gasteiger partial charge on any atom is -0.375 e. The molecule has 0 fully saturated rings. The molecule has 118 valence electrons. The summed E-state index contributed by atoms with van der Waals surface area (Å²) in [6, 6.07) is 11.8. The molecule has 1 atom stereocenters. The molecule has 0 aliphatic carbocycles. The summed E-state index contributed by atoms with van der Waals surface area (Å²) in [6.45, 7) is 1.99. The molecular weight excluding hydrogens is 314 g/mol. The topological polar surface area (TPSA) is 66.4 Å². The van der Waals surface area contributed by atoms with E-state index >= 15 is 0 Å². The molecule has 3 rings (SSSR count). The smallest absolute Gasteiger partial charge is 0.261 e. The zero-order valence-corrected chi connectivity index (χ0v) is 13.4. The number of benzene rings is 2. The van der Waals surface area contributed by atoms with E-state index in [1.807, 2.05) is 13.0 Å². The van der Waals surface area contributed by atoms with Gasteiger partial charge in [-0.05, 0) is 42.3 Å². The summed E-state index contributed by atoms with van der Waals surface area (Å²) in [4.78, 5) is 24.7. The van der Waals surface area contributed by atoms with Gasteiger partial charge in [0.05, 0.1) is 6.42 Å². The number of halogens is 1. The Labute approximate surface area is 139 Å². The van der Waals surface area contributed by atoms with Gasteiger partial charge in [-0.1, -0.05) is 30.7 Å². The maximum absolute atomic E-state index is 12.4. The molecular formula is C18H16ClNO3. The number of aliphatic hydroxyl groups is 1. The van der Waals surface area contributed by atoms with Crippen LogP contribution in [0.25, 0.3) is 0 Å². The van der Waals surface area contributed by atoms with Gasteiger partial charge in [0.1, 0.15) is 0 Å². The van der Waals surface area contributed by atoms with Crippen molar-refractivity contribution in [1.29, 1.82) is 0 Å². The molecule has 1 amide bonds. The van der Waals surface area contributed by atoms with Gasteiger partial charge in [-0.3, -0.25) is 9.59 Å². The average Bonchev–Trinajstić information content (AvgIpc) is 2.78. The summed E-state index contributed by atoms with van der Waals surface area (Å²) in [6.07, 6.45) is 0.476. The zero-order valence-electron chi connectivity index (χ0n) is 12.6. The van der Waals surface area contributed by atoms with E-state index in [1.165, 1.54) is 0 Å². The van der Waals surface area contributed by atoms with Crippen LogP contribution in [-0.4, -0.2) is 16.8 Å². The van der Waals surface area contributed by atoms with E-state index in [-0.39, 0.29) is 12.2 Å². The second kappa shape index (κ2) is 5.80. The standard InChI is InChI=1S/C18H16ClNO3/c1-2-11-3-8-15-14(9-11)18(23,17(22)20-15)10-16(21)12-4-6-13(19)7-5-12/h3-9,23H,2,10H2,1H3,(H,20,22). The first-order chi connectivity index (χ1) is 10.9. The van der Waals surface area contributed by atoms with E-state index in [2.05, 4.69) is 5.32 Å². The van der Waals surface area contributed by atoms with Crippen molar-refractivity contribution in [1.82, 2.24) is 0 Å². The molecule has 0 saturated heterocycles. The molecule has 1 unspecified atom stereocenters. The molecule has 2 aromatic carbocycles. The van der Waals surface area contributed by atoms with Crippen LogP contribution in [0.1, 0.15) is 34.8 Å². The minimum absolute atomic E-state index is 0.305. The van der Waals surface area contributed by atoms with Gasteiger partial charge < -0.3 is 10.4 Å². The fraction of sp³-hybridized carbons (Fsp3) is 0.222. The Morgan fingerprint density at radius 2 is 1.91 bits per heavy atom. The first-order valence-electron chi connectivity index (χ1n) is 7.40. The second-order valence-corrected chi connectivity index (χ2v) is 6.09. The fourth-order valence-electron chi connectivity index (χ4n) is 2.76. The SMILES string of the molecule is CCc1ccc2c(c1)C(O)(CC(=O)c1ccc(Cl)cc1)C(=O)N2. The second-order valence-electron chi connectivity index (χ2n) is 5.65. The first-order valence-corrected chi connectivity index (χ1v) is 7.78. The summed E-state index contributed by atoms with van der Waals surface area (Å²) < 4.78 is 0. The number of rotatable bonds is 4. The van der Waals surface area contributed by atoms with Crippen LogP contribution in [0.15, 0.2) is 42.5 Å². The molecule has 1 heterocycles. The number of carbonyl (C=O) groups is 2. The third kappa shape index (κ3) is 2.76. The lowest BCUT2D eigenvalue weighted by Crippen LogP contribution is -2.36. The third-order valence-corrected chi connectivity index (χ3v) is 4.40. The van der Waals surface area contributed by atoms with Crippen molar-refractivity contribution in [2.75, 3.05) is 5.32 Å². The van der Waals surface area contributed by atoms with Crippen LogP contribution in [0.5, 0.6) is 0 Å². The molecule has 0 aromatic heterocycles. The average molecular weight is 330 g/mol. The Balaban J connectivity index is 1.94. The van der Waals surface area contributed by atoms with E-state index in [0.29, 0.717) is 21.8 Å². The van der Waals surface area contributed by atoms with Crippen molar-refractivity contribution < 1.29 is 14.7 Å². The number of fused-ring (bicyclic) bond motifs is 1. The third-order valence-electron chi connectivity index (χ3n) is 4.14. The number of ketones is 1. The normalized spacial score (nSPS) is 19.3. The number of carbonyl (C=O) groups excluding carboxylic acids is 2. The highest BCUT2D eigenvalue weighted by Crippen LogP contribution is 2.39. The molecule has 1 aliphatic heterocycles. The van der Waals surface area contributed by atoms with E-state index < -0.39 is 11.5 Å². The van der Waals surface area contributed by atoms with E-state index in [9.17, 15) is 14.7 Å². The molecule has 2 aromatic rings. The number of hydrogen-bond donors (Lipinski definition) is 2. The quantitative estimate of drug-likeness (QED) is 0.846. The van der Waals surface area contributed by atoms with Gasteiger partial charge in [-0.25, -0.2) is 0 Å². The molecule has 0 radical (unpaired) electrons. The number of hydrogen-bond acceptors (Lipinski definition) is 3. The van der Waals surface area contributed by atoms with Crippen molar-refractivity contribution in [3.63, 3.8) is 0 Å². The molecule has 1 aliphatic rings. The van der Waals surface area contributed by atoms with Crippen LogP contribution in [-0.2, 0) is 16.8 Å². The summed E-state index contributed by atoms with van der Waals surface area (Å²) in [5.41, 5.74) is 0.591. The van der Waals surface area contributed by atoms with Crippen LogP contribution in [0.3, 0.4) is 0 Å². The Morgan fingerprint density at radius 1 is 1.22 bits per heavy atom. The molecule has 0 spiro atoms. The highest BCUT2D eigenvalue weighted by Gasteiger charge is 2.46. The number of aryl methyl sites for hydroxylation is 1. The van der Waals surface area contributed by atoms with Crippen LogP contribution in [0.4, 0.5) is 5.69 Å². The Hall–Kier alpha value is -2.17. The van der Waals surface area contributed by atoms with E-state index in [0.717, 1.165) is 12.0 Å². The Morgan fingerprint density at radius 3 is 2.57 bits per heavy atom. The largest absolute Gasteiger partial charge is 0.375 e. The Bertz CT molecular complexity index is 785. The van der Waals surface area contributed by atoms with E-state index in [1.54, 1.807) is 36.4 Å². The minimum atomic E-state index is -1.84. The summed E-state index contributed by atoms with van der Waals surface area (Å²) in [7, 11) is 0. The molecule has 4 nitrogen and oxygen atoms in total. The zero-order chi connectivity index (χ0) is 16.6. The highest BCUT2D eigenvalue weighted by molar-refractivity contribution is 6.30. The van der Waals surface area contributed by atoms with Crippen molar-refractivity contribution in [2.24, 2.45) is 0 Å². The van der Waals surface area contributed by atoms with Gasteiger partial charge in [-0.2, -0.15) is 0 Å². The van der Waals surface area contributed by atoms with Gasteiger partial charge in [0.15, 0.2) is 11.4 Å². The number of Topliss-reactive ketones (excluding diaryl/α,β-unsaturated/α-hetero) is 1. The number of amides is 1. The number of anilines is 1. The fourth-order valence-corrected chi connectivity index (χ4v) is 2.88. The molecule has 2 N–H and O–H groups in total. The summed E-state index contributed by atoms with van der Waals surface area (Å²) in [5.74, 6) is -0.878. The highest BCUT2D eigenvalue weighted by atomic mass is 35.5. The monoisotopic (exact) mass is 329 g/mol. The van der Waals surface area contributed by atoms with Crippen LogP contribution in [0, 0.1) is 0 Å². The van der Waals surface area contributed by atoms with Crippen molar-refractivity contribution >= 4 is 29.0 Å². The van der Waals surface area contributed by atoms with E-state index in [4.69, 9.17) is 11.6 Å². The molecule has 0 bridgehead atoms. The van der Waals surface area contributed by atoms with Crippen molar-refractivity contribution in [2.45, 2.75) is 25.4 Å². The molecule has 0 saturated carbocycles. The summed E-state index contributed by atoms with van der Waals surface area (Å²) >= 11 is 5.81. The van der Waals surface area contributed by atoms with Crippen LogP contribution < -0.4 is 5.32 Å². The predicted octanol–water partition coefficient (Wildman–Crippen LogP) is 3.32. The van der Waals surface area contributed by atoms with Crippen LogP contribution in [0.2, 0.25) is 5.02 Å². The maximum Gasteiger partial charge on any atom is 0.261 e. The maximum atomic E-state index is 12.4. The van der Waals surface area contributed by atoms with Crippen LogP contribution >= 0.6 is 11.6 Å². The van der Waals surface area contributed by atoms with Gasteiger partial charge in [0, 0.05) is 21.8 Å². The lowest BCUT2D eigenvalue weighted by atomic mass is 9.87. The summed E-state index contributed by atoms with van der Waals surface area (Å²) in [5, 5.41) is 14.0. The lowest BCUT2D eigenvalue weighted by molar-refractivity contribution is -0.133. The predicted molar refractivity (Wildman–Crippen MR) is 88.7 cm³/mol. The lowest BCUT2D eigenvalue weighted by Gasteiger charge is -2.20. The molecule has 23 heavy (non-hydrogen) atoms. The first kappa shape index (κ1) is 15.7. The van der Waals surface area contributed by atoms with Gasteiger partial charge in [0.2, 0.25) is 0 Å². The number of nitrogens with one attached hydrogen (secondary N) is 1. The van der Waals surface area contributed by atoms with Gasteiger partial charge in [-0.15, -0.1) is 0 Å².